The number of rotatable bonds is 9. The third-order valence-corrected chi connectivity index (χ3v) is 8.31. The molecule has 4 rings (SSSR count). The van der Waals surface area contributed by atoms with Gasteiger partial charge in [0, 0.05) is 24.1 Å². The van der Waals surface area contributed by atoms with Crippen LogP contribution in [0.1, 0.15) is 43.4 Å². The third kappa shape index (κ3) is 8.00. The van der Waals surface area contributed by atoms with Crippen LogP contribution in [0.3, 0.4) is 0 Å². The second-order valence-electron chi connectivity index (χ2n) is 10.0. The molecule has 4 aromatic rings. The van der Waals surface area contributed by atoms with Gasteiger partial charge < -0.3 is 9.47 Å². The van der Waals surface area contributed by atoms with Crippen LogP contribution in [0.25, 0.3) is 0 Å². The zero-order chi connectivity index (χ0) is 28.5. The molecular weight excluding hydrogens is 519 g/mol. The predicted molar refractivity (Wildman–Crippen MR) is 159 cm³/mol. The minimum Gasteiger partial charge on any atom is -0.493 e. The summed E-state index contributed by atoms with van der Waals surface area (Å²) in [4.78, 5) is 16.2. The van der Waals surface area contributed by atoms with E-state index >= 15 is 0 Å². The van der Waals surface area contributed by atoms with Gasteiger partial charge in [-0.1, -0.05) is 48.2 Å². The quantitative estimate of drug-likeness (QED) is 0.0910. The van der Waals surface area contributed by atoms with Gasteiger partial charge >= 0.3 is 5.97 Å². The van der Waals surface area contributed by atoms with Crippen molar-refractivity contribution in [3.8, 4) is 17.6 Å². The molecule has 0 aliphatic carbocycles. The van der Waals surface area contributed by atoms with Crippen LogP contribution in [-0.4, -0.2) is 18.2 Å². The van der Waals surface area contributed by atoms with Gasteiger partial charge in [0.2, 0.25) is 0 Å². The predicted octanol–water partition coefficient (Wildman–Crippen LogP) is 8.07. The van der Waals surface area contributed by atoms with E-state index in [1.165, 1.54) is 26.8 Å². The highest BCUT2D eigenvalue weighted by Gasteiger charge is 2.29. The highest BCUT2D eigenvalue weighted by molar-refractivity contribution is 7.97. The van der Waals surface area contributed by atoms with Crippen molar-refractivity contribution in [2.75, 3.05) is 6.61 Å². The SMILES string of the molecule is Cc1cc([S+](c2ccccc2)c2ccccc2)cc(C)c1OCCCC(=O)OC(C)(C)C#Cc1ccc(F)cc1. The first kappa shape index (κ1) is 29.0. The molecule has 0 saturated carbocycles. The number of hydrogen-bond acceptors (Lipinski definition) is 3. The van der Waals surface area contributed by atoms with E-state index in [0.29, 0.717) is 18.6 Å². The van der Waals surface area contributed by atoms with Gasteiger partial charge in [-0.25, -0.2) is 4.39 Å². The van der Waals surface area contributed by atoms with E-state index in [1.807, 2.05) is 12.1 Å². The van der Waals surface area contributed by atoms with Crippen LogP contribution in [0, 0.1) is 31.5 Å². The van der Waals surface area contributed by atoms with Gasteiger partial charge in [-0.05, 0) is 93.8 Å². The number of benzene rings is 4. The fourth-order valence-electron chi connectivity index (χ4n) is 4.29. The van der Waals surface area contributed by atoms with Crippen LogP contribution in [0.5, 0.6) is 5.75 Å². The lowest BCUT2D eigenvalue weighted by atomic mass is 10.1. The van der Waals surface area contributed by atoms with Crippen molar-refractivity contribution in [1.29, 1.82) is 0 Å². The van der Waals surface area contributed by atoms with E-state index in [-0.39, 0.29) is 29.1 Å². The van der Waals surface area contributed by atoms with Crippen LogP contribution in [0.4, 0.5) is 4.39 Å². The molecule has 0 atom stereocenters. The van der Waals surface area contributed by atoms with Crippen molar-refractivity contribution in [2.24, 2.45) is 0 Å². The van der Waals surface area contributed by atoms with Gasteiger partial charge in [-0.15, -0.1) is 0 Å². The monoisotopic (exact) mass is 553 g/mol. The van der Waals surface area contributed by atoms with Crippen molar-refractivity contribution in [3.63, 3.8) is 0 Å². The average Bonchev–Trinajstić information content (AvgIpc) is 2.93. The maximum Gasteiger partial charge on any atom is 0.307 e. The van der Waals surface area contributed by atoms with Crippen LogP contribution in [0.15, 0.2) is 112 Å². The Morgan fingerprint density at radius 3 is 1.93 bits per heavy atom. The highest BCUT2D eigenvalue weighted by atomic mass is 32.2. The van der Waals surface area contributed by atoms with Crippen LogP contribution >= 0.6 is 0 Å². The zero-order valence-corrected chi connectivity index (χ0v) is 24.2. The van der Waals surface area contributed by atoms with Gasteiger partial charge in [0.15, 0.2) is 20.3 Å². The van der Waals surface area contributed by atoms with Crippen molar-refractivity contribution in [1.82, 2.24) is 0 Å². The molecule has 3 nitrogen and oxygen atoms in total. The van der Waals surface area contributed by atoms with E-state index in [4.69, 9.17) is 9.47 Å². The van der Waals surface area contributed by atoms with Crippen molar-refractivity contribution in [2.45, 2.75) is 60.8 Å². The molecule has 0 spiro atoms. The fourth-order valence-corrected chi connectivity index (χ4v) is 6.55. The maximum absolute atomic E-state index is 13.1. The number of carbonyl (C=O) groups excluding carboxylic acids is 1. The van der Waals surface area contributed by atoms with E-state index in [2.05, 4.69) is 86.4 Å². The Morgan fingerprint density at radius 1 is 0.825 bits per heavy atom. The van der Waals surface area contributed by atoms with Crippen LogP contribution in [-0.2, 0) is 20.4 Å². The summed E-state index contributed by atoms with van der Waals surface area (Å²) in [5.41, 5.74) is 1.85. The molecule has 0 fully saturated rings. The van der Waals surface area contributed by atoms with Crippen molar-refractivity contribution < 1.29 is 18.7 Å². The topological polar surface area (TPSA) is 35.5 Å². The Morgan fingerprint density at radius 2 is 1.38 bits per heavy atom. The zero-order valence-electron chi connectivity index (χ0n) is 23.4. The summed E-state index contributed by atoms with van der Waals surface area (Å²) in [6, 6.07) is 31.5. The molecule has 0 aromatic heterocycles. The lowest BCUT2D eigenvalue weighted by molar-refractivity contribution is -0.152. The smallest absolute Gasteiger partial charge is 0.307 e. The Labute approximate surface area is 239 Å². The molecule has 0 amide bonds. The first-order chi connectivity index (χ1) is 19.2. The molecule has 4 aromatic carbocycles. The lowest BCUT2D eigenvalue weighted by Crippen LogP contribution is -2.26. The molecule has 0 bridgehead atoms. The summed E-state index contributed by atoms with van der Waals surface area (Å²) in [6.45, 7) is 8.02. The largest absolute Gasteiger partial charge is 0.493 e. The molecule has 0 aliphatic rings. The minimum absolute atomic E-state index is 0.226. The van der Waals surface area contributed by atoms with Gasteiger partial charge in [0.25, 0.3) is 0 Å². The summed E-state index contributed by atoms with van der Waals surface area (Å²) < 4.78 is 24.8. The summed E-state index contributed by atoms with van der Waals surface area (Å²) in [6.07, 6.45) is 0.753. The lowest BCUT2D eigenvalue weighted by Gasteiger charge is -2.19. The van der Waals surface area contributed by atoms with E-state index in [1.54, 1.807) is 26.0 Å². The average molecular weight is 554 g/mol. The van der Waals surface area contributed by atoms with Crippen molar-refractivity contribution in [3.05, 3.63) is 120 Å². The molecule has 0 unspecified atom stereocenters. The summed E-state index contributed by atoms with van der Waals surface area (Å²) in [5, 5.41) is 0. The highest BCUT2D eigenvalue weighted by Crippen LogP contribution is 2.35. The standard InChI is InChI=1S/C35H34FO3S/c1-26-24-32(40(30-12-7-5-8-13-30)31-14-9-6-10-15-31)25-27(2)34(26)38-23-11-16-33(37)39-35(3,4)22-21-28-17-19-29(36)20-18-28/h5-10,12-15,17-20,24-25H,11,16,23H2,1-4H3/q+1. The number of aryl methyl sites for hydroxylation is 2. The normalized spacial score (nSPS) is 11.1. The van der Waals surface area contributed by atoms with Crippen LogP contribution < -0.4 is 4.74 Å². The number of ether oxygens (including phenoxy) is 2. The second-order valence-corrected chi connectivity index (χ2v) is 12.0. The Hall–Kier alpha value is -4.01. The number of carbonyl (C=O) groups is 1. The molecule has 0 radical (unpaired) electrons. The minimum atomic E-state index is -0.954. The Kier molecular flexibility index (Phi) is 9.69. The molecular formula is C35H34FO3S+. The summed E-state index contributed by atoms with van der Waals surface area (Å²) in [5.74, 6) is 6.09. The Balaban J connectivity index is 1.36. The summed E-state index contributed by atoms with van der Waals surface area (Å²) in [7, 11) is -0.227. The number of esters is 1. The van der Waals surface area contributed by atoms with E-state index in [0.717, 1.165) is 16.9 Å². The Bertz CT molecular complexity index is 1420. The number of hydrogen-bond donors (Lipinski definition) is 0. The molecule has 0 heterocycles. The fraction of sp³-hybridized carbons (Fsp3) is 0.229. The van der Waals surface area contributed by atoms with E-state index < -0.39 is 5.60 Å². The first-order valence-corrected chi connectivity index (χ1v) is 14.5. The molecule has 5 heteroatoms. The number of halogens is 1. The second kappa shape index (κ2) is 13.4. The summed E-state index contributed by atoms with van der Waals surface area (Å²) >= 11 is 0. The van der Waals surface area contributed by atoms with Gasteiger partial charge in [-0.3, -0.25) is 4.79 Å². The molecule has 40 heavy (non-hydrogen) atoms. The van der Waals surface area contributed by atoms with Gasteiger partial charge in [0.1, 0.15) is 11.6 Å². The van der Waals surface area contributed by atoms with E-state index in [9.17, 15) is 9.18 Å². The molecule has 0 aliphatic heterocycles. The molecule has 0 N–H and O–H groups in total. The van der Waals surface area contributed by atoms with Gasteiger partial charge in [-0.2, -0.15) is 0 Å². The molecule has 204 valence electrons. The van der Waals surface area contributed by atoms with Crippen molar-refractivity contribution >= 4 is 16.9 Å². The third-order valence-electron chi connectivity index (χ3n) is 6.12. The maximum atomic E-state index is 13.1. The van der Waals surface area contributed by atoms with Gasteiger partial charge in [0.05, 0.1) is 17.5 Å². The van der Waals surface area contributed by atoms with Crippen LogP contribution in [0.2, 0.25) is 0 Å². The first-order valence-electron chi connectivity index (χ1n) is 13.3. The molecule has 0 saturated heterocycles.